The van der Waals surface area contributed by atoms with E-state index in [-0.39, 0.29) is 36.6 Å². The molecule has 0 radical (unpaired) electrons. The average molecular weight is 194 g/mol. The molecule has 0 N–H and O–H groups in total. The highest BCUT2D eigenvalue weighted by atomic mass is 32.2. The Bertz CT molecular complexity index is 246. The van der Waals surface area contributed by atoms with Crippen LogP contribution in [0.5, 0.6) is 0 Å². The van der Waals surface area contributed by atoms with Crippen molar-refractivity contribution in [2.24, 2.45) is 5.92 Å². The number of sulfone groups is 1. The van der Waals surface area contributed by atoms with Crippen LogP contribution in [0, 0.1) is 5.92 Å². The zero-order valence-electron chi connectivity index (χ0n) is 6.57. The van der Waals surface area contributed by atoms with Gasteiger partial charge in [-0.3, -0.25) is 0 Å². The summed E-state index contributed by atoms with van der Waals surface area (Å²) in [5.41, 5.74) is 0. The van der Waals surface area contributed by atoms with Crippen molar-refractivity contribution in [3.05, 3.63) is 0 Å². The van der Waals surface area contributed by atoms with Gasteiger partial charge in [-0.25, -0.2) is 12.8 Å². The number of carbonyl (C=O) groups excluding carboxylic acids is 1. The Kier molecular flexibility index (Phi) is 2.82. The third kappa shape index (κ3) is 2.27. The molecule has 1 fully saturated rings. The Morgan fingerprint density at radius 2 is 1.83 bits per heavy atom. The van der Waals surface area contributed by atoms with Gasteiger partial charge in [0.2, 0.25) is 0 Å². The third-order valence-electron chi connectivity index (χ3n) is 2.18. The molecule has 0 amide bonds. The Hall–Kier alpha value is -0.450. The lowest BCUT2D eigenvalue weighted by molar-refractivity contribution is -0.113. The van der Waals surface area contributed by atoms with Crippen molar-refractivity contribution >= 4 is 16.1 Å². The van der Waals surface area contributed by atoms with Crippen LogP contribution in [0.3, 0.4) is 0 Å². The molecule has 70 valence electrons. The Balaban J connectivity index is 2.51. The molecule has 0 bridgehead atoms. The SMILES string of the molecule is O=CC(F)C1CCS(=O)(=O)CC1. The number of rotatable bonds is 2. The van der Waals surface area contributed by atoms with Gasteiger partial charge in [0.1, 0.15) is 9.84 Å². The molecule has 1 saturated heterocycles. The summed E-state index contributed by atoms with van der Waals surface area (Å²) < 4.78 is 34.5. The molecule has 3 nitrogen and oxygen atoms in total. The molecule has 1 aliphatic rings. The van der Waals surface area contributed by atoms with Crippen molar-refractivity contribution in [1.29, 1.82) is 0 Å². The fraction of sp³-hybridized carbons (Fsp3) is 0.857. The van der Waals surface area contributed by atoms with Crippen LogP contribution in [-0.2, 0) is 14.6 Å². The third-order valence-corrected chi connectivity index (χ3v) is 3.90. The topological polar surface area (TPSA) is 51.2 Å². The van der Waals surface area contributed by atoms with E-state index in [1.807, 2.05) is 0 Å². The van der Waals surface area contributed by atoms with Crippen LogP contribution in [0.15, 0.2) is 0 Å². The largest absolute Gasteiger partial charge is 0.300 e. The number of halogens is 1. The first-order valence-electron chi connectivity index (χ1n) is 3.85. The second-order valence-corrected chi connectivity index (χ2v) is 5.37. The number of aldehydes is 1. The summed E-state index contributed by atoms with van der Waals surface area (Å²) in [7, 11) is -2.94. The Morgan fingerprint density at radius 3 is 2.25 bits per heavy atom. The monoisotopic (exact) mass is 194 g/mol. The minimum absolute atomic E-state index is 0.0198. The number of hydrogen-bond donors (Lipinski definition) is 0. The molecule has 1 aliphatic heterocycles. The van der Waals surface area contributed by atoms with E-state index in [1.165, 1.54) is 0 Å². The van der Waals surface area contributed by atoms with E-state index in [4.69, 9.17) is 0 Å². The fourth-order valence-electron chi connectivity index (χ4n) is 1.34. The van der Waals surface area contributed by atoms with E-state index in [0.717, 1.165) is 0 Å². The molecule has 0 saturated carbocycles. The van der Waals surface area contributed by atoms with Gasteiger partial charge in [0.05, 0.1) is 11.5 Å². The zero-order chi connectivity index (χ0) is 9.19. The van der Waals surface area contributed by atoms with Crippen molar-refractivity contribution in [3.63, 3.8) is 0 Å². The summed E-state index contributed by atoms with van der Waals surface area (Å²) >= 11 is 0. The van der Waals surface area contributed by atoms with Crippen LogP contribution in [-0.4, -0.2) is 32.4 Å². The first kappa shape index (κ1) is 9.64. The number of hydrogen-bond acceptors (Lipinski definition) is 3. The van der Waals surface area contributed by atoms with Crippen molar-refractivity contribution in [2.45, 2.75) is 19.0 Å². The first-order chi connectivity index (χ1) is 5.55. The fourth-order valence-corrected chi connectivity index (χ4v) is 2.87. The second kappa shape index (κ2) is 3.51. The maximum atomic E-state index is 12.7. The molecule has 0 aromatic heterocycles. The summed E-state index contributed by atoms with van der Waals surface area (Å²) in [4.78, 5) is 10.0. The van der Waals surface area contributed by atoms with Gasteiger partial charge in [-0.15, -0.1) is 0 Å². The van der Waals surface area contributed by atoms with Gasteiger partial charge in [0.25, 0.3) is 0 Å². The quantitative estimate of drug-likeness (QED) is 0.596. The maximum Gasteiger partial charge on any atom is 0.158 e. The van der Waals surface area contributed by atoms with Crippen LogP contribution in [0.25, 0.3) is 0 Å². The van der Waals surface area contributed by atoms with Crippen LogP contribution < -0.4 is 0 Å². The van der Waals surface area contributed by atoms with E-state index in [9.17, 15) is 17.6 Å². The molecule has 1 atom stereocenters. The van der Waals surface area contributed by atoms with E-state index in [0.29, 0.717) is 0 Å². The van der Waals surface area contributed by atoms with Crippen LogP contribution in [0.2, 0.25) is 0 Å². The van der Waals surface area contributed by atoms with Gasteiger partial charge < -0.3 is 4.79 Å². The molecule has 1 heterocycles. The highest BCUT2D eigenvalue weighted by Crippen LogP contribution is 2.22. The summed E-state index contributed by atoms with van der Waals surface area (Å²) in [5.74, 6) is -0.344. The Morgan fingerprint density at radius 1 is 1.33 bits per heavy atom. The molecule has 0 spiro atoms. The molecule has 0 aromatic rings. The maximum absolute atomic E-state index is 12.7. The Labute approximate surface area is 70.9 Å². The molecular weight excluding hydrogens is 183 g/mol. The van der Waals surface area contributed by atoms with Crippen LogP contribution >= 0.6 is 0 Å². The molecule has 0 aromatic carbocycles. The van der Waals surface area contributed by atoms with E-state index < -0.39 is 16.0 Å². The molecule has 5 heteroatoms. The summed E-state index contributed by atoms with van der Waals surface area (Å²) in [5, 5.41) is 0. The van der Waals surface area contributed by atoms with E-state index in [1.54, 1.807) is 0 Å². The average Bonchev–Trinajstić information content (AvgIpc) is 2.03. The van der Waals surface area contributed by atoms with Gasteiger partial charge in [-0.05, 0) is 18.8 Å². The van der Waals surface area contributed by atoms with Crippen molar-refractivity contribution in [3.8, 4) is 0 Å². The number of carbonyl (C=O) groups is 1. The normalized spacial score (nSPS) is 26.4. The standard InChI is InChI=1S/C7H11FO3S/c8-7(5-9)6-1-3-12(10,11)4-2-6/h5-7H,1-4H2. The highest BCUT2D eigenvalue weighted by Gasteiger charge is 2.29. The van der Waals surface area contributed by atoms with Crippen molar-refractivity contribution < 1.29 is 17.6 Å². The minimum atomic E-state index is -2.94. The molecule has 1 rings (SSSR count). The molecule has 12 heavy (non-hydrogen) atoms. The summed E-state index contributed by atoms with van der Waals surface area (Å²) in [6, 6.07) is 0. The second-order valence-electron chi connectivity index (χ2n) is 3.07. The number of alkyl halides is 1. The molecule has 1 unspecified atom stereocenters. The molecule has 0 aliphatic carbocycles. The lowest BCUT2D eigenvalue weighted by atomic mass is 9.98. The highest BCUT2D eigenvalue weighted by molar-refractivity contribution is 7.91. The predicted octanol–water partition coefficient (Wildman–Crippen LogP) is 0.348. The summed E-state index contributed by atoms with van der Waals surface area (Å²) in [6.07, 6.45) is -0.673. The van der Waals surface area contributed by atoms with Gasteiger partial charge >= 0.3 is 0 Å². The van der Waals surface area contributed by atoms with Crippen LogP contribution in [0.4, 0.5) is 4.39 Å². The molecular formula is C7H11FO3S. The zero-order valence-corrected chi connectivity index (χ0v) is 7.39. The van der Waals surface area contributed by atoms with Crippen molar-refractivity contribution in [1.82, 2.24) is 0 Å². The lowest BCUT2D eigenvalue weighted by Crippen LogP contribution is -2.29. The van der Waals surface area contributed by atoms with Gasteiger partial charge in [-0.1, -0.05) is 0 Å². The predicted molar refractivity (Wildman–Crippen MR) is 42.3 cm³/mol. The lowest BCUT2D eigenvalue weighted by Gasteiger charge is -2.21. The van der Waals surface area contributed by atoms with Gasteiger partial charge in [0, 0.05) is 0 Å². The minimum Gasteiger partial charge on any atom is -0.300 e. The first-order valence-corrected chi connectivity index (χ1v) is 5.67. The van der Waals surface area contributed by atoms with Crippen LogP contribution in [0.1, 0.15) is 12.8 Å². The van der Waals surface area contributed by atoms with Gasteiger partial charge in [0.15, 0.2) is 12.5 Å². The smallest absolute Gasteiger partial charge is 0.158 e. The van der Waals surface area contributed by atoms with Gasteiger partial charge in [-0.2, -0.15) is 0 Å². The van der Waals surface area contributed by atoms with Crippen molar-refractivity contribution in [2.75, 3.05) is 11.5 Å². The van der Waals surface area contributed by atoms with E-state index in [2.05, 4.69) is 0 Å². The van der Waals surface area contributed by atoms with E-state index >= 15 is 0 Å². The summed E-state index contributed by atoms with van der Waals surface area (Å²) in [6.45, 7) is 0.